The van der Waals surface area contributed by atoms with Crippen molar-refractivity contribution in [2.45, 2.75) is 6.54 Å². The van der Waals surface area contributed by atoms with Crippen LogP contribution in [0.25, 0.3) is 11.4 Å². The van der Waals surface area contributed by atoms with Gasteiger partial charge in [0.1, 0.15) is 0 Å². The zero-order valence-electron chi connectivity index (χ0n) is 8.24. The second-order valence-electron chi connectivity index (χ2n) is 2.97. The summed E-state index contributed by atoms with van der Waals surface area (Å²) in [5, 5.41) is 17.4. The van der Waals surface area contributed by atoms with Gasteiger partial charge in [-0.2, -0.15) is 0 Å². The minimum absolute atomic E-state index is 0.507. The van der Waals surface area contributed by atoms with Crippen LogP contribution >= 0.6 is 12.2 Å². The van der Waals surface area contributed by atoms with E-state index in [0.29, 0.717) is 12.4 Å². The summed E-state index contributed by atoms with van der Waals surface area (Å²) in [5.74, 6) is 0.507. The van der Waals surface area contributed by atoms with Gasteiger partial charge in [-0.05, 0) is 17.8 Å². The highest BCUT2D eigenvalue weighted by Crippen LogP contribution is 2.13. The van der Waals surface area contributed by atoms with Crippen LogP contribution in [0, 0.1) is 0 Å². The highest BCUT2D eigenvalue weighted by molar-refractivity contribution is 7.78. The highest BCUT2D eigenvalue weighted by atomic mass is 32.1. The monoisotopic (exact) mass is 229 g/mol. The molecular formula is C10H7N5S. The van der Waals surface area contributed by atoms with Crippen molar-refractivity contribution in [3.05, 3.63) is 36.2 Å². The van der Waals surface area contributed by atoms with Crippen LogP contribution in [0.15, 0.2) is 35.6 Å². The molecule has 2 aromatic rings. The van der Waals surface area contributed by atoms with Gasteiger partial charge in [0.25, 0.3) is 0 Å². The smallest absolute Gasteiger partial charge is 0.203 e. The van der Waals surface area contributed by atoms with Gasteiger partial charge >= 0.3 is 0 Å². The second kappa shape index (κ2) is 5.16. The van der Waals surface area contributed by atoms with E-state index in [0.717, 1.165) is 11.1 Å². The Balaban J connectivity index is 2.23. The van der Waals surface area contributed by atoms with E-state index in [1.807, 2.05) is 24.3 Å². The molecule has 0 saturated heterocycles. The van der Waals surface area contributed by atoms with E-state index in [4.69, 9.17) is 0 Å². The standard InChI is InChI=1S/C10H7N5S/c16-7-11-5-8-1-3-9(4-2-8)10-14-12-6-13-15-10/h1-4,6H,5H2. The summed E-state index contributed by atoms with van der Waals surface area (Å²) < 4.78 is 0. The predicted molar refractivity (Wildman–Crippen MR) is 61.8 cm³/mol. The number of nitrogens with zero attached hydrogens (tertiary/aromatic N) is 5. The Morgan fingerprint density at radius 3 is 2.44 bits per heavy atom. The van der Waals surface area contributed by atoms with E-state index in [1.165, 1.54) is 6.33 Å². The number of isothiocyanates is 1. The minimum Gasteiger partial charge on any atom is -0.228 e. The Kier molecular flexibility index (Phi) is 3.38. The maximum absolute atomic E-state index is 4.50. The van der Waals surface area contributed by atoms with Gasteiger partial charge in [-0.15, -0.1) is 20.4 Å². The van der Waals surface area contributed by atoms with E-state index < -0.39 is 0 Å². The Morgan fingerprint density at radius 1 is 1.12 bits per heavy atom. The molecule has 6 heteroatoms. The molecule has 0 aliphatic carbocycles. The maximum Gasteiger partial charge on any atom is 0.203 e. The first-order valence-electron chi connectivity index (χ1n) is 4.53. The van der Waals surface area contributed by atoms with E-state index in [-0.39, 0.29) is 0 Å². The van der Waals surface area contributed by atoms with Gasteiger partial charge in [0.15, 0.2) is 6.33 Å². The number of hydrogen-bond acceptors (Lipinski definition) is 6. The van der Waals surface area contributed by atoms with Crippen molar-refractivity contribution in [3.63, 3.8) is 0 Å². The summed E-state index contributed by atoms with van der Waals surface area (Å²) in [4.78, 5) is 3.85. The molecule has 5 nitrogen and oxygen atoms in total. The Morgan fingerprint density at radius 2 is 1.81 bits per heavy atom. The quantitative estimate of drug-likeness (QED) is 0.590. The van der Waals surface area contributed by atoms with E-state index >= 15 is 0 Å². The molecule has 0 aliphatic rings. The van der Waals surface area contributed by atoms with Crippen LogP contribution in [0.1, 0.15) is 5.56 Å². The summed E-state index contributed by atoms with van der Waals surface area (Å²) in [7, 11) is 0. The number of aliphatic imine (C=N–C) groups is 1. The molecule has 0 amide bonds. The number of hydrogen-bond donors (Lipinski definition) is 0. The fraction of sp³-hybridized carbons (Fsp3) is 0.100. The van der Waals surface area contributed by atoms with Gasteiger partial charge < -0.3 is 0 Å². The van der Waals surface area contributed by atoms with Crippen LogP contribution in [0.2, 0.25) is 0 Å². The molecule has 0 atom stereocenters. The van der Waals surface area contributed by atoms with E-state index in [1.54, 1.807) is 0 Å². The lowest BCUT2D eigenvalue weighted by Crippen LogP contribution is -1.93. The third-order valence-electron chi connectivity index (χ3n) is 1.95. The molecular weight excluding hydrogens is 222 g/mol. The summed E-state index contributed by atoms with van der Waals surface area (Å²) in [6.07, 6.45) is 1.30. The van der Waals surface area contributed by atoms with Crippen LogP contribution in [0.3, 0.4) is 0 Å². The molecule has 1 aromatic carbocycles. The largest absolute Gasteiger partial charge is 0.228 e. The van der Waals surface area contributed by atoms with Gasteiger partial charge in [-0.3, -0.25) is 0 Å². The topological polar surface area (TPSA) is 63.9 Å². The molecule has 0 radical (unpaired) electrons. The Labute approximate surface area is 97.3 Å². The van der Waals surface area contributed by atoms with Crippen LogP contribution in [0.5, 0.6) is 0 Å². The van der Waals surface area contributed by atoms with Crippen LogP contribution in [-0.2, 0) is 6.54 Å². The van der Waals surface area contributed by atoms with Crippen molar-refractivity contribution in [2.24, 2.45) is 4.99 Å². The SMILES string of the molecule is S=C=NCc1ccc(-c2nncnn2)cc1. The fourth-order valence-corrected chi connectivity index (χ4v) is 1.27. The third kappa shape index (κ3) is 2.50. The van der Waals surface area contributed by atoms with Crippen molar-refractivity contribution in [3.8, 4) is 11.4 Å². The summed E-state index contributed by atoms with van der Waals surface area (Å²) >= 11 is 4.50. The molecule has 1 heterocycles. The Hall–Kier alpha value is -2.04. The lowest BCUT2D eigenvalue weighted by molar-refractivity contribution is 0.864. The van der Waals surface area contributed by atoms with Crippen molar-refractivity contribution < 1.29 is 0 Å². The van der Waals surface area contributed by atoms with Crippen molar-refractivity contribution >= 4 is 17.4 Å². The first-order valence-corrected chi connectivity index (χ1v) is 4.94. The molecule has 16 heavy (non-hydrogen) atoms. The van der Waals surface area contributed by atoms with Crippen LogP contribution in [-0.4, -0.2) is 25.6 Å². The van der Waals surface area contributed by atoms with Crippen molar-refractivity contribution in [2.75, 3.05) is 0 Å². The molecule has 0 unspecified atom stereocenters. The van der Waals surface area contributed by atoms with E-state index in [2.05, 4.69) is 42.8 Å². The Bertz CT molecular complexity index is 504. The third-order valence-corrected chi connectivity index (χ3v) is 2.08. The summed E-state index contributed by atoms with van der Waals surface area (Å²) in [6.45, 7) is 0.538. The molecule has 0 fully saturated rings. The normalized spacial score (nSPS) is 9.50. The fourth-order valence-electron chi connectivity index (χ4n) is 1.20. The number of rotatable bonds is 3. The first-order chi connectivity index (χ1) is 7.90. The predicted octanol–water partition coefficient (Wildman–Crippen LogP) is 1.54. The molecule has 0 spiro atoms. The molecule has 0 aliphatic heterocycles. The molecule has 0 saturated carbocycles. The summed E-state index contributed by atoms with van der Waals surface area (Å²) in [6, 6.07) is 7.66. The van der Waals surface area contributed by atoms with Gasteiger partial charge in [-0.25, -0.2) is 4.99 Å². The number of benzene rings is 1. The van der Waals surface area contributed by atoms with Gasteiger partial charge in [0.2, 0.25) is 5.82 Å². The van der Waals surface area contributed by atoms with Gasteiger partial charge in [0.05, 0.1) is 11.7 Å². The van der Waals surface area contributed by atoms with Gasteiger partial charge in [-0.1, -0.05) is 24.3 Å². The molecule has 0 bridgehead atoms. The first kappa shape index (κ1) is 10.5. The van der Waals surface area contributed by atoms with Crippen molar-refractivity contribution in [1.29, 1.82) is 0 Å². The highest BCUT2D eigenvalue weighted by Gasteiger charge is 2.00. The number of aromatic nitrogens is 4. The molecule has 1 aromatic heterocycles. The molecule has 0 N–H and O–H groups in total. The lowest BCUT2D eigenvalue weighted by atomic mass is 10.1. The summed E-state index contributed by atoms with van der Waals surface area (Å²) in [5.41, 5.74) is 1.92. The van der Waals surface area contributed by atoms with Crippen molar-refractivity contribution in [1.82, 2.24) is 20.4 Å². The molecule has 2 rings (SSSR count). The average molecular weight is 229 g/mol. The van der Waals surface area contributed by atoms with Crippen LogP contribution < -0.4 is 0 Å². The van der Waals surface area contributed by atoms with Gasteiger partial charge in [0, 0.05) is 5.56 Å². The lowest BCUT2D eigenvalue weighted by Gasteiger charge is -1.98. The molecule has 78 valence electrons. The minimum atomic E-state index is 0.507. The zero-order valence-corrected chi connectivity index (χ0v) is 9.05. The zero-order chi connectivity index (χ0) is 11.2. The van der Waals surface area contributed by atoms with E-state index in [9.17, 15) is 0 Å². The number of thiocarbonyl (C=S) groups is 1. The van der Waals surface area contributed by atoms with Crippen LogP contribution in [0.4, 0.5) is 0 Å². The second-order valence-corrected chi connectivity index (χ2v) is 3.16. The average Bonchev–Trinajstić information content (AvgIpc) is 2.38. The maximum atomic E-state index is 4.50.